The number of hydrogen-bond donors (Lipinski definition) is 1. The molecule has 3 aromatic rings. The Kier molecular flexibility index (Phi) is 3.65. The molecule has 2 heterocycles. The molecule has 1 N–H and O–H groups in total. The number of hydrogen-bond acceptors (Lipinski definition) is 3. The fraction of sp³-hybridized carbons (Fsp3) is 0.190. The molecule has 0 unspecified atom stereocenters. The topological polar surface area (TPSA) is 32.3 Å². The first-order valence-corrected chi connectivity index (χ1v) is 9.17. The highest BCUT2D eigenvalue weighted by atomic mass is 32.1. The summed E-state index contributed by atoms with van der Waals surface area (Å²) >= 11 is 1.74. The monoisotopic (exact) mass is 348 g/mol. The Morgan fingerprint density at radius 1 is 1.16 bits per heavy atom. The standard InChI is InChI=1S/C21H20N2OS/c1-14-22-21(2,12-19(24)23(14)3)18-13-25-20-16(10-7-11-17(18)20)15-8-5-4-6-9-15/h4-11,13,22H,1,12H2,2-3H3/t21-/m0/s1. The van der Waals surface area contributed by atoms with Gasteiger partial charge in [-0.3, -0.25) is 4.79 Å². The van der Waals surface area contributed by atoms with Crippen molar-refractivity contribution < 1.29 is 4.79 Å². The fourth-order valence-electron chi connectivity index (χ4n) is 3.51. The summed E-state index contributed by atoms with van der Waals surface area (Å²) in [5.41, 5.74) is 3.17. The molecular formula is C21H20N2OS. The molecule has 1 aliphatic rings. The lowest BCUT2D eigenvalue weighted by Crippen LogP contribution is -2.52. The maximum absolute atomic E-state index is 12.4. The van der Waals surface area contributed by atoms with Gasteiger partial charge in [0.1, 0.15) is 5.82 Å². The summed E-state index contributed by atoms with van der Waals surface area (Å²) < 4.78 is 1.25. The van der Waals surface area contributed by atoms with Gasteiger partial charge in [-0.05, 0) is 34.4 Å². The number of nitrogens with zero attached hydrogens (tertiary/aromatic N) is 1. The van der Waals surface area contributed by atoms with Crippen molar-refractivity contribution >= 4 is 27.3 Å². The molecule has 2 aromatic carbocycles. The Morgan fingerprint density at radius 3 is 2.64 bits per heavy atom. The molecule has 0 saturated carbocycles. The van der Waals surface area contributed by atoms with Crippen LogP contribution in [-0.4, -0.2) is 17.9 Å². The lowest BCUT2D eigenvalue weighted by atomic mass is 9.85. The third-order valence-corrected chi connectivity index (χ3v) is 6.01. The third kappa shape index (κ3) is 2.53. The van der Waals surface area contributed by atoms with Crippen LogP contribution < -0.4 is 5.32 Å². The van der Waals surface area contributed by atoms with E-state index in [1.54, 1.807) is 23.3 Å². The van der Waals surface area contributed by atoms with Gasteiger partial charge in [-0.1, -0.05) is 55.1 Å². The van der Waals surface area contributed by atoms with Gasteiger partial charge >= 0.3 is 0 Å². The molecule has 0 aliphatic carbocycles. The molecule has 1 aromatic heterocycles. The zero-order valence-electron chi connectivity index (χ0n) is 14.4. The van der Waals surface area contributed by atoms with Gasteiger partial charge in [-0.25, -0.2) is 0 Å². The van der Waals surface area contributed by atoms with Gasteiger partial charge in [0.25, 0.3) is 0 Å². The van der Waals surface area contributed by atoms with Crippen LogP contribution in [-0.2, 0) is 10.3 Å². The van der Waals surface area contributed by atoms with Crippen LogP contribution in [0.3, 0.4) is 0 Å². The van der Waals surface area contributed by atoms with Crippen LogP contribution in [0.2, 0.25) is 0 Å². The summed E-state index contributed by atoms with van der Waals surface area (Å²) in [6.07, 6.45) is 0.421. The summed E-state index contributed by atoms with van der Waals surface area (Å²) in [5.74, 6) is 0.738. The number of rotatable bonds is 2. The molecule has 1 aliphatic heterocycles. The molecule has 4 heteroatoms. The Hall–Kier alpha value is -2.59. The van der Waals surface area contributed by atoms with E-state index in [0.717, 1.165) is 5.56 Å². The number of carbonyl (C=O) groups is 1. The molecule has 1 atom stereocenters. The normalized spacial score (nSPS) is 20.8. The number of fused-ring (bicyclic) bond motifs is 1. The van der Waals surface area contributed by atoms with Crippen LogP contribution >= 0.6 is 11.3 Å². The number of carbonyl (C=O) groups excluding carboxylic acids is 1. The van der Waals surface area contributed by atoms with Crippen LogP contribution in [0.5, 0.6) is 0 Å². The molecule has 1 amide bonds. The van der Waals surface area contributed by atoms with Crippen molar-refractivity contribution in [1.82, 2.24) is 10.2 Å². The van der Waals surface area contributed by atoms with Gasteiger partial charge in [0.15, 0.2) is 0 Å². The fourth-order valence-corrected chi connectivity index (χ4v) is 4.75. The smallest absolute Gasteiger partial charge is 0.230 e. The van der Waals surface area contributed by atoms with E-state index in [4.69, 9.17) is 0 Å². The van der Waals surface area contributed by atoms with Crippen molar-refractivity contribution in [2.45, 2.75) is 18.9 Å². The largest absolute Gasteiger partial charge is 0.362 e. The first kappa shape index (κ1) is 15.9. The number of thiophene rings is 1. The number of benzene rings is 2. The van der Waals surface area contributed by atoms with Gasteiger partial charge in [-0.15, -0.1) is 11.3 Å². The Balaban J connectivity index is 1.85. The minimum atomic E-state index is -0.436. The van der Waals surface area contributed by atoms with Gasteiger partial charge < -0.3 is 10.2 Å². The summed E-state index contributed by atoms with van der Waals surface area (Å²) in [5, 5.41) is 6.82. The predicted molar refractivity (Wildman–Crippen MR) is 104 cm³/mol. The van der Waals surface area contributed by atoms with Crippen molar-refractivity contribution in [2.24, 2.45) is 0 Å². The van der Waals surface area contributed by atoms with E-state index in [1.165, 1.54) is 21.2 Å². The van der Waals surface area contributed by atoms with Crippen molar-refractivity contribution in [3.05, 3.63) is 71.9 Å². The maximum Gasteiger partial charge on any atom is 0.230 e. The van der Waals surface area contributed by atoms with E-state index >= 15 is 0 Å². The van der Waals surface area contributed by atoms with Crippen LogP contribution in [0, 0.1) is 0 Å². The first-order chi connectivity index (χ1) is 12.0. The minimum Gasteiger partial charge on any atom is -0.362 e. The highest BCUT2D eigenvalue weighted by Crippen LogP contribution is 2.41. The van der Waals surface area contributed by atoms with Crippen molar-refractivity contribution in [1.29, 1.82) is 0 Å². The molecule has 126 valence electrons. The summed E-state index contributed by atoms with van der Waals surface area (Å²) in [7, 11) is 1.76. The Morgan fingerprint density at radius 2 is 1.92 bits per heavy atom. The highest BCUT2D eigenvalue weighted by Gasteiger charge is 2.38. The average molecular weight is 348 g/mol. The minimum absolute atomic E-state index is 0.0878. The number of nitrogens with one attached hydrogen (secondary N) is 1. The molecule has 3 nitrogen and oxygen atoms in total. The second-order valence-electron chi connectivity index (χ2n) is 6.73. The van der Waals surface area contributed by atoms with Gasteiger partial charge in [0.2, 0.25) is 5.91 Å². The zero-order chi connectivity index (χ0) is 17.6. The van der Waals surface area contributed by atoms with E-state index in [2.05, 4.69) is 66.7 Å². The molecule has 4 rings (SSSR count). The Labute approximate surface area is 151 Å². The SMILES string of the molecule is C=C1N[C@](C)(c2csc3c(-c4ccccc4)cccc23)CC(=O)N1C. The van der Waals surface area contributed by atoms with Crippen molar-refractivity contribution in [3.63, 3.8) is 0 Å². The second kappa shape index (κ2) is 5.74. The lowest BCUT2D eigenvalue weighted by Gasteiger charge is -2.40. The van der Waals surface area contributed by atoms with Gasteiger partial charge in [0.05, 0.1) is 12.0 Å². The van der Waals surface area contributed by atoms with E-state index < -0.39 is 5.54 Å². The van der Waals surface area contributed by atoms with Crippen molar-refractivity contribution in [3.8, 4) is 11.1 Å². The average Bonchev–Trinajstić information content (AvgIpc) is 3.05. The molecule has 1 fully saturated rings. The molecular weight excluding hydrogens is 328 g/mol. The van der Waals surface area contributed by atoms with Crippen LogP contribution in [0.15, 0.2) is 66.3 Å². The second-order valence-corrected chi connectivity index (χ2v) is 7.61. The first-order valence-electron chi connectivity index (χ1n) is 8.29. The lowest BCUT2D eigenvalue weighted by molar-refractivity contribution is -0.132. The molecule has 1 saturated heterocycles. The van der Waals surface area contributed by atoms with E-state index in [1.807, 2.05) is 6.07 Å². The predicted octanol–water partition coefficient (Wildman–Crippen LogP) is 4.71. The van der Waals surface area contributed by atoms with Crippen molar-refractivity contribution in [2.75, 3.05) is 7.05 Å². The van der Waals surface area contributed by atoms with Gasteiger partial charge in [0, 0.05) is 11.7 Å². The number of amides is 1. The molecule has 25 heavy (non-hydrogen) atoms. The van der Waals surface area contributed by atoms with Crippen LogP contribution in [0.4, 0.5) is 0 Å². The molecule has 0 radical (unpaired) electrons. The molecule has 0 bridgehead atoms. The quantitative estimate of drug-likeness (QED) is 0.728. The van der Waals surface area contributed by atoms with Crippen LogP contribution in [0.25, 0.3) is 21.2 Å². The Bertz CT molecular complexity index is 956. The zero-order valence-corrected chi connectivity index (χ0v) is 15.2. The highest BCUT2D eigenvalue weighted by molar-refractivity contribution is 7.18. The van der Waals surface area contributed by atoms with E-state index in [0.29, 0.717) is 12.2 Å². The maximum atomic E-state index is 12.4. The third-order valence-electron chi connectivity index (χ3n) is 4.98. The van der Waals surface area contributed by atoms with E-state index in [-0.39, 0.29) is 5.91 Å². The van der Waals surface area contributed by atoms with Gasteiger partial charge in [-0.2, -0.15) is 0 Å². The summed E-state index contributed by atoms with van der Waals surface area (Å²) in [6, 6.07) is 16.8. The van der Waals surface area contributed by atoms with E-state index in [9.17, 15) is 4.79 Å². The summed E-state index contributed by atoms with van der Waals surface area (Å²) in [4.78, 5) is 14.0. The summed E-state index contributed by atoms with van der Waals surface area (Å²) in [6.45, 7) is 6.08. The van der Waals surface area contributed by atoms with Crippen LogP contribution in [0.1, 0.15) is 18.9 Å². The molecule has 0 spiro atoms.